The number of benzene rings is 1. The molecule has 0 spiro atoms. The lowest BCUT2D eigenvalue weighted by Crippen LogP contribution is -2.37. The van der Waals surface area contributed by atoms with Crippen LogP contribution in [0.5, 0.6) is 0 Å². The smallest absolute Gasteiger partial charge is 0.407 e. The van der Waals surface area contributed by atoms with Crippen molar-refractivity contribution in [2.75, 3.05) is 19.6 Å². The van der Waals surface area contributed by atoms with Gasteiger partial charge >= 0.3 is 6.09 Å². The number of alkyl carbamates (subject to hydrolysis) is 1. The van der Waals surface area contributed by atoms with Crippen molar-refractivity contribution in [2.24, 2.45) is 0 Å². The van der Waals surface area contributed by atoms with E-state index in [1.165, 1.54) is 0 Å². The van der Waals surface area contributed by atoms with Gasteiger partial charge in [0.2, 0.25) is 5.91 Å². The highest BCUT2D eigenvalue weighted by Crippen LogP contribution is 2.10. The molecule has 0 aromatic heterocycles. The first-order chi connectivity index (χ1) is 11.7. The van der Waals surface area contributed by atoms with Gasteiger partial charge in [-0.2, -0.15) is 0 Å². The lowest BCUT2D eigenvalue weighted by atomic mass is 10.2. The van der Waals surface area contributed by atoms with E-state index in [4.69, 9.17) is 4.74 Å². The Morgan fingerprint density at radius 3 is 2.16 bits per heavy atom. The Balaban J connectivity index is 2.13. The van der Waals surface area contributed by atoms with Crippen LogP contribution >= 0.6 is 15.9 Å². The molecule has 3 N–H and O–H groups in total. The minimum atomic E-state index is -0.570. The second-order valence-electron chi connectivity index (χ2n) is 6.29. The number of carbonyl (C=O) groups is 3. The Morgan fingerprint density at radius 1 is 0.960 bits per heavy atom. The summed E-state index contributed by atoms with van der Waals surface area (Å²) in [6, 6.07) is 6.99. The standard InChI is InChI=1S/C17H24BrN3O4/c1-17(2,3)25-16(24)21-9-8-14(22)19-10-11-20-15(23)12-4-6-13(18)7-5-12/h4-7H,8-11H2,1-3H3,(H,19,22)(H,20,23)(H,21,24). The molecular formula is C17H24BrN3O4. The number of ether oxygens (including phenoxy) is 1. The maximum absolute atomic E-state index is 11.9. The van der Waals surface area contributed by atoms with Gasteiger partial charge in [-0.25, -0.2) is 4.79 Å². The van der Waals surface area contributed by atoms with Crippen molar-refractivity contribution in [1.82, 2.24) is 16.0 Å². The molecule has 1 rings (SSSR count). The molecule has 1 aromatic carbocycles. The van der Waals surface area contributed by atoms with E-state index in [-0.39, 0.29) is 24.8 Å². The van der Waals surface area contributed by atoms with Gasteiger partial charge in [0.05, 0.1) is 0 Å². The minimum absolute atomic E-state index is 0.139. The lowest BCUT2D eigenvalue weighted by molar-refractivity contribution is -0.120. The van der Waals surface area contributed by atoms with Crippen LogP contribution in [0, 0.1) is 0 Å². The molecule has 7 nitrogen and oxygen atoms in total. The third-order valence-corrected chi connectivity index (χ3v) is 3.39. The summed E-state index contributed by atoms with van der Waals surface area (Å²) in [5, 5.41) is 7.89. The zero-order chi connectivity index (χ0) is 18.9. The van der Waals surface area contributed by atoms with E-state index < -0.39 is 11.7 Å². The summed E-state index contributed by atoms with van der Waals surface area (Å²) < 4.78 is 5.96. The van der Waals surface area contributed by atoms with Gasteiger partial charge in [-0.05, 0) is 45.0 Å². The molecule has 0 unspecified atom stereocenters. The molecule has 0 fully saturated rings. The SMILES string of the molecule is CC(C)(C)OC(=O)NCCC(=O)NCCNC(=O)c1ccc(Br)cc1. The molecule has 0 atom stereocenters. The fourth-order valence-electron chi connectivity index (χ4n) is 1.76. The number of halogens is 1. The number of hydrogen-bond acceptors (Lipinski definition) is 4. The zero-order valence-electron chi connectivity index (χ0n) is 14.6. The van der Waals surface area contributed by atoms with Crippen molar-refractivity contribution >= 4 is 33.8 Å². The van der Waals surface area contributed by atoms with Gasteiger partial charge in [0.1, 0.15) is 5.60 Å². The number of rotatable bonds is 7. The van der Waals surface area contributed by atoms with Crippen LogP contribution in [0.15, 0.2) is 28.7 Å². The van der Waals surface area contributed by atoms with Crippen molar-refractivity contribution in [3.05, 3.63) is 34.3 Å². The summed E-state index contributed by atoms with van der Waals surface area (Å²) >= 11 is 3.30. The van der Waals surface area contributed by atoms with Crippen LogP contribution in [-0.2, 0) is 9.53 Å². The van der Waals surface area contributed by atoms with Crippen LogP contribution < -0.4 is 16.0 Å². The molecule has 0 aliphatic rings. The molecule has 0 radical (unpaired) electrons. The molecule has 0 aliphatic carbocycles. The van der Waals surface area contributed by atoms with Gasteiger partial charge in [-0.3, -0.25) is 9.59 Å². The van der Waals surface area contributed by atoms with E-state index in [0.29, 0.717) is 18.7 Å². The normalized spacial score (nSPS) is 10.7. The van der Waals surface area contributed by atoms with E-state index in [2.05, 4.69) is 31.9 Å². The van der Waals surface area contributed by atoms with Crippen LogP contribution in [0.4, 0.5) is 4.79 Å². The first-order valence-corrected chi connectivity index (χ1v) is 8.74. The molecule has 0 heterocycles. The summed E-state index contributed by atoms with van der Waals surface area (Å²) in [6.07, 6.45) is -0.415. The number of hydrogen-bond donors (Lipinski definition) is 3. The summed E-state index contributed by atoms with van der Waals surface area (Å²) in [5.74, 6) is -0.415. The van der Waals surface area contributed by atoms with Crippen LogP contribution in [0.2, 0.25) is 0 Å². The molecule has 0 aliphatic heterocycles. The van der Waals surface area contributed by atoms with Gasteiger partial charge < -0.3 is 20.7 Å². The third-order valence-electron chi connectivity index (χ3n) is 2.86. The second-order valence-corrected chi connectivity index (χ2v) is 7.21. The maximum atomic E-state index is 11.9. The molecule has 8 heteroatoms. The van der Waals surface area contributed by atoms with E-state index >= 15 is 0 Å². The maximum Gasteiger partial charge on any atom is 0.407 e. The fourth-order valence-corrected chi connectivity index (χ4v) is 2.03. The first kappa shape index (κ1) is 21.0. The average Bonchev–Trinajstić information content (AvgIpc) is 2.50. The number of nitrogens with one attached hydrogen (secondary N) is 3. The van der Waals surface area contributed by atoms with Crippen LogP contribution in [0.3, 0.4) is 0 Å². The molecule has 0 saturated heterocycles. The van der Waals surface area contributed by atoms with E-state index in [1.54, 1.807) is 45.0 Å². The highest BCUT2D eigenvalue weighted by molar-refractivity contribution is 9.10. The Kier molecular flexibility index (Phi) is 8.40. The quantitative estimate of drug-likeness (QED) is 0.596. The molecule has 1 aromatic rings. The van der Waals surface area contributed by atoms with Crippen LogP contribution in [0.25, 0.3) is 0 Å². The average molecular weight is 414 g/mol. The van der Waals surface area contributed by atoms with E-state index in [9.17, 15) is 14.4 Å². The Bertz CT molecular complexity index is 597. The molecule has 3 amide bonds. The highest BCUT2D eigenvalue weighted by Gasteiger charge is 2.15. The summed E-state index contributed by atoms with van der Waals surface area (Å²) in [6.45, 7) is 6.12. The molecule has 138 valence electrons. The van der Waals surface area contributed by atoms with E-state index in [1.807, 2.05) is 0 Å². The topological polar surface area (TPSA) is 96.5 Å². The van der Waals surface area contributed by atoms with Gasteiger partial charge in [-0.1, -0.05) is 15.9 Å². The Hall–Kier alpha value is -2.09. The predicted octanol–water partition coefficient (Wildman–Crippen LogP) is 2.21. The Labute approximate surface area is 156 Å². The largest absolute Gasteiger partial charge is 0.444 e. The first-order valence-electron chi connectivity index (χ1n) is 7.95. The highest BCUT2D eigenvalue weighted by atomic mass is 79.9. The van der Waals surface area contributed by atoms with Crippen molar-refractivity contribution in [1.29, 1.82) is 0 Å². The predicted molar refractivity (Wildman–Crippen MR) is 98.3 cm³/mol. The monoisotopic (exact) mass is 413 g/mol. The summed E-state index contributed by atoms with van der Waals surface area (Å²) in [4.78, 5) is 34.9. The number of carbonyl (C=O) groups excluding carboxylic acids is 3. The van der Waals surface area contributed by atoms with Gasteiger partial charge in [0.25, 0.3) is 5.91 Å². The van der Waals surface area contributed by atoms with Gasteiger partial charge in [0, 0.05) is 36.1 Å². The fraction of sp³-hybridized carbons (Fsp3) is 0.471. The van der Waals surface area contributed by atoms with Crippen molar-refractivity contribution < 1.29 is 19.1 Å². The van der Waals surface area contributed by atoms with Crippen molar-refractivity contribution in [3.8, 4) is 0 Å². The van der Waals surface area contributed by atoms with Crippen molar-refractivity contribution in [2.45, 2.75) is 32.8 Å². The molecule has 0 saturated carbocycles. The second kappa shape index (κ2) is 10.0. The van der Waals surface area contributed by atoms with Crippen LogP contribution in [-0.4, -0.2) is 43.1 Å². The zero-order valence-corrected chi connectivity index (χ0v) is 16.2. The van der Waals surface area contributed by atoms with Gasteiger partial charge in [-0.15, -0.1) is 0 Å². The molecular weight excluding hydrogens is 390 g/mol. The van der Waals surface area contributed by atoms with E-state index in [0.717, 1.165) is 4.47 Å². The number of amides is 3. The summed E-state index contributed by atoms with van der Waals surface area (Å²) in [5.41, 5.74) is -0.0181. The molecule has 0 bridgehead atoms. The van der Waals surface area contributed by atoms with Crippen LogP contribution in [0.1, 0.15) is 37.6 Å². The lowest BCUT2D eigenvalue weighted by Gasteiger charge is -2.19. The minimum Gasteiger partial charge on any atom is -0.444 e. The van der Waals surface area contributed by atoms with Crippen molar-refractivity contribution in [3.63, 3.8) is 0 Å². The van der Waals surface area contributed by atoms with Gasteiger partial charge in [0.15, 0.2) is 0 Å². The Morgan fingerprint density at radius 2 is 1.56 bits per heavy atom. The molecule has 25 heavy (non-hydrogen) atoms. The third kappa shape index (κ3) is 9.71. The summed E-state index contributed by atoms with van der Waals surface area (Å²) in [7, 11) is 0.